The van der Waals surface area contributed by atoms with Crippen LogP contribution in [0.1, 0.15) is 58.6 Å². The molecule has 0 spiro atoms. The van der Waals surface area contributed by atoms with Gasteiger partial charge in [0.1, 0.15) is 11.5 Å². The minimum Gasteiger partial charge on any atom is -0.504 e. The van der Waals surface area contributed by atoms with Crippen LogP contribution in [0.5, 0.6) is 5.75 Å². The molecule has 3 heterocycles. The Morgan fingerprint density at radius 1 is 1.17 bits per heavy atom. The van der Waals surface area contributed by atoms with Crippen molar-refractivity contribution in [2.75, 3.05) is 18.4 Å². The summed E-state index contributed by atoms with van der Waals surface area (Å²) in [6.45, 7) is 11.7. The third-order valence-corrected chi connectivity index (χ3v) is 10.3. The quantitative estimate of drug-likeness (QED) is 0.432. The molecular weight excluding hydrogens is 514 g/mol. The van der Waals surface area contributed by atoms with Gasteiger partial charge in [-0.05, 0) is 30.9 Å². The van der Waals surface area contributed by atoms with E-state index in [0.29, 0.717) is 11.5 Å². The van der Waals surface area contributed by atoms with Gasteiger partial charge in [-0.15, -0.1) is 20.1 Å². The van der Waals surface area contributed by atoms with Gasteiger partial charge in [0.2, 0.25) is 0 Å². The molecule has 14 heteroatoms. The summed E-state index contributed by atoms with van der Waals surface area (Å²) in [5.41, 5.74) is -0.356. The van der Waals surface area contributed by atoms with Crippen LogP contribution >= 0.6 is 11.3 Å². The number of rotatable bonds is 9. The van der Waals surface area contributed by atoms with E-state index in [1.807, 2.05) is 39.8 Å². The van der Waals surface area contributed by atoms with Crippen LogP contribution in [0.3, 0.4) is 0 Å². The highest BCUT2D eigenvalue weighted by Gasteiger charge is 2.36. The lowest BCUT2D eigenvalue weighted by atomic mass is 9.80. The maximum atomic E-state index is 12.9. The average molecular weight is 546 g/mol. The van der Waals surface area contributed by atoms with Crippen molar-refractivity contribution < 1.29 is 26.4 Å². The zero-order valence-electron chi connectivity index (χ0n) is 20.5. The zero-order valence-corrected chi connectivity index (χ0v) is 22.9. The number of aryl methyl sites for hydroxylation is 1. The van der Waals surface area contributed by atoms with Crippen molar-refractivity contribution >= 4 is 48.9 Å². The van der Waals surface area contributed by atoms with Crippen LogP contribution in [0.4, 0.5) is 5.69 Å². The van der Waals surface area contributed by atoms with E-state index >= 15 is 0 Å². The molecule has 11 nitrogen and oxygen atoms in total. The standard InChI is InChI=1S/C21H31N5O6S3/c1-7-21(5,6)17(15-11-10-13(4)32-15)23-19-18(24-35(30,31)25-19)22-14-12-33-20(16(14)27)34(28,29)26(8-2)9-3/h10-12,17,27H,7-9H2,1-6H3,(H,22,24)(H,23,25)/t17-/m0/s1. The Balaban J connectivity index is 1.95. The van der Waals surface area contributed by atoms with Crippen molar-refractivity contribution in [3.05, 3.63) is 29.0 Å². The highest BCUT2D eigenvalue weighted by atomic mass is 32.2. The molecule has 1 aliphatic heterocycles. The fraction of sp³-hybridized carbons (Fsp3) is 0.524. The predicted molar refractivity (Wildman–Crippen MR) is 137 cm³/mol. The molecule has 35 heavy (non-hydrogen) atoms. The molecule has 0 unspecified atom stereocenters. The van der Waals surface area contributed by atoms with Crippen LogP contribution < -0.4 is 10.6 Å². The Bertz CT molecular complexity index is 1350. The fourth-order valence-corrected chi connectivity index (χ4v) is 7.14. The molecule has 0 saturated heterocycles. The summed E-state index contributed by atoms with van der Waals surface area (Å²) in [4.78, 5) is 0. The predicted octanol–water partition coefficient (Wildman–Crippen LogP) is 3.62. The second kappa shape index (κ2) is 9.91. The first-order chi connectivity index (χ1) is 16.3. The van der Waals surface area contributed by atoms with Crippen molar-refractivity contribution in [3.8, 4) is 5.75 Å². The summed E-state index contributed by atoms with van der Waals surface area (Å²) in [6, 6.07) is 3.18. The molecule has 0 bridgehead atoms. The number of hydrogen-bond donors (Lipinski definition) is 3. The first kappa shape index (κ1) is 27.2. The van der Waals surface area contributed by atoms with Gasteiger partial charge >= 0.3 is 10.2 Å². The van der Waals surface area contributed by atoms with Gasteiger partial charge in [-0.2, -0.15) is 12.7 Å². The molecule has 2 aromatic rings. The van der Waals surface area contributed by atoms with Crippen LogP contribution in [-0.4, -0.2) is 51.0 Å². The molecule has 2 aromatic heterocycles. The van der Waals surface area contributed by atoms with Crippen LogP contribution in [0.2, 0.25) is 0 Å². The number of aromatic hydroxyl groups is 1. The van der Waals surface area contributed by atoms with Crippen molar-refractivity contribution in [3.63, 3.8) is 0 Å². The van der Waals surface area contributed by atoms with Gasteiger partial charge < -0.3 is 20.2 Å². The number of anilines is 1. The van der Waals surface area contributed by atoms with E-state index in [9.17, 15) is 21.9 Å². The SMILES string of the molecule is CCN(CC)S(=O)(=O)c1scc(NC2=NS(=O)(=O)N=C2N[C@@H](c2ccc(C)o2)C(C)(C)CC)c1O. The van der Waals surface area contributed by atoms with Crippen LogP contribution in [0, 0.1) is 12.3 Å². The zero-order chi connectivity index (χ0) is 26.2. The molecule has 194 valence electrons. The summed E-state index contributed by atoms with van der Waals surface area (Å²) >= 11 is 0.826. The summed E-state index contributed by atoms with van der Waals surface area (Å²) in [7, 11) is -8.09. The summed E-state index contributed by atoms with van der Waals surface area (Å²) in [6.07, 6.45) is 0.738. The Kier molecular flexibility index (Phi) is 7.70. The number of nitrogens with one attached hydrogen (secondary N) is 2. The number of hydrogen-bond acceptors (Lipinski definition) is 9. The maximum absolute atomic E-state index is 12.9. The van der Waals surface area contributed by atoms with Gasteiger partial charge in [-0.3, -0.25) is 0 Å². The molecular formula is C21H31N5O6S3. The van der Waals surface area contributed by atoms with E-state index in [4.69, 9.17) is 4.42 Å². The molecule has 0 aliphatic carbocycles. The van der Waals surface area contributed by atoms with Gasteiger partial charge in [0.05, 0.1) is 11.7 Å². The van der Waals surface area contributed by atoms with Crippen LogP contribution in [0.15, 0.2) is 34.9 Å². The summed E-state index contributed by atoms with van der Waals surface area (Å²) in [5, 5.41) is 17.9. The minimum atomic E-state index is -4.18. The Morgan fingerprint density at radius 2 is 1.80 bits per heavy atom. The highest BCUT2D eigenvalue weighted by Crippen LogP contribution is 2.40. The van der Waals surface area contributed by atoms with E-state index in [1.54, 1.807) is 13.8 Å². The number of thiophene rings is 1. The van der Waals surface area contributed by atoms with Gasteiger partial charge in [0, 0.05) is 18.5 Å². The van der Waals surface area contributed by atoms with Crippen LogP contribution in [0.25, 0.3) is 0 Å². The minimum absolute atomic E-state index is 0.00576. The lowest BCUT2D eigenvalue weighted by Gasteiger charge is -2.33. The lowest BCUT2D eigenvalue weighted by molar-refractivity contribution is 0.226. The maximum Gasteiger partial charge on any atom is 0.367 e. The molecule has 1 atom stereocenters. The number of furan rings is 1. The average Bonchev–Trinajstić information content (AvgIpc) is 3.44. The summed E-state index contributed by atoms with van der Waals surface area (Å²) in [5.74, 6) is 0.568. The van der Waals surface area contributed by atoms with Gasteiger partial charge in [-0.25, -0.2) is 8.42 Å². The molecule has 0 aromatic carbocycles. The Morgan fingerprint density at radius 3 is 2.34 bits per heavy atom. The van der Waals surface area contributed by atoms with E-state index in [1.165, 1.54) is 9.69 Å². The molecule has 0 amide bonds. The third kappa shape index (κ3) is 5.55. The lowest BCUT2D eigenvalue weighted by Crippen LogP contribution is -2.42. The highest BCUT2D eigenvalue weighted by molar-refractivity contribution is 7.91. The van der Waals surface area contributed by atoms with E-state index in [0.717, 1.165) is 17.8 Å². The molecule has 0 fully saturated rings. The van der Waals surface area contributed by atoms with Crippen molar-refractivity contribution in [1.29, 1.82) is 0 Å². The van der Waals surface area contributed by atoms with E-state index in [-0.39, 0.29) is 40.1 Å². The van der Waals surface area contributed by atoms with Gasteiger partial charge in [0.15, 0.2) is 21.6 Å². The number of nitrogens with zero attached hydrogens (tertiary/aromatic N) is 3. The second-order valence-corrected chi connectivity index (χ2v) is 13.0. The molecule has 1 aliphatic rings. The Labute approximate surface area is 210 Å². The Hall–Kier alpha value is -2.42. The van der Waals surface area contributed by atoms with Crippen molar-refractivity contribution in [1.82, 2.24) is 9.62 Å². The fourth-order valence-electron chi connectivity index (χ4n) is 3.53. The van der Waals surface area contributed by atoms with Gasteiger partial charge in [-0.1, -0.05) is 34.6 Å². The number of amidine groups is 2. The molecule has 3 N–H and O–H groups in total. The largest absolute Gasteiger partial charge is 0.504 e. The van der Waals surface area contributed by atoms with Gasteiger partial charge in [0.25, 0.3) is 10.0 Å². The van der Waals surface area contributed by atoms with Crippen molar-refractivity contribution in [2.24, 2.45) is 14.2 Å². The smallest absolute Gasteiger partial charge is 0.367 e. The monoisotopic (exact) mass is 545 g/mol. The first-order valence-corrected chi connectivity index (χ1v) is 14.8. The molecule has 3 rings (SSSR count). The van der Waals surface area contributed by atoms with E-state index < -0.39 is 32.0 Å². The molecule has 0 radical (unpaired) electrons. The number of sulfonamides is 1. The van der Waals surface area contributed by atoms with Crippen molar-refractivity contribution in [2.45, 2.75) is 58.2 Å². The third-order valence-electron chi connectivity index (χ3n) is 5.92. The van der Waals surface area contributed by atoms with E-state index in [2.05, 4.69) is 19.4 Å². The first-order valence-electron chi connectivity index (χ1n) is 11.1. The topological polar surface area (TPSA) is 154 Å². The second-order valence-electron chi connectivity index (χ2n) is 8.70. The van der Waals surface area contributed by atoms with Crippen LogP contribution in [-0.2, 0) is 20.2 Å². The molecule has 0 saturated carbocycles. The summed E-state index contributed by atoms with van der Waals surface area (Å²) < 4.78 is 64.4. The normalized spacial score (nSPS) is 16.8.